The smallest absolute Gasteiger partial charge is 0.153 e. The minimum absolute atomic E-state index is 0.218. The average molecular weight is 225 g/mol. The number of aromatic nitrogens is 2. The number of phenolic OH excluding ortho intramolecular Hbond substituents is 1. The normalized spacial score (nSPS) is 10.9. The van der Waals surface area contributed by atoms with Gasteiger partial charge in [0.1, 0.15) is 11.3 Å². The van der Waals surface area contributed by atoms with Gasteiger partial charge < -0.3 is 10.4 Å². The van der Waals surface area contributed by atoms with E-state index >= 15 is 0 Å². The molecule has 4 nitrogen and oxygen atoms in total. The highest BCUT2D eigenvalue weighted by Gasteiger charge is 2.08. The first-order chi connectivity index (χ1) is 8.29. The van der Waals surface area contributed by atoms with Crippen molar-refractivity contribution in [3.8, 4) is 5.75 Å². The van der Waals surface area contributed by atoms with Gasteiger partial charge in [0, 0.05) is 30.1 Å². The van der Waals surface area contributed by atoms with E-state index in [9.17, 15) is 5.11 Å². The second-order valence-electron chi connectivity index (χ2n) is 3.81. The molecule has 84 valence electrons. The minimum atomic E-state index is 0.218. The van der Waals surface area contributed by atoms with Crippen LogP contribution in [0.25, 0.3) is 21.8 Å². The van der Waals surface area contributed by atoms with Crippen LogP contribution in [0.1, 0.15) is 0 Å². The molecule has 0 aliphatic heterocycles. The van der Waals surface area contributed by atoms with E-state index in [0.29, 0.717) is 0 Å². The highest BCUT2D eigenvalue weighted by Crippen LogP contribution is 2.29. The third-order valence-electron chi connectivity index (χ3n) is 2.77. The van der Waals surface area contributed by atoms with Crippen LogP contribution in [0.5, 0.6) is 5.75 Å². The van der Waals surface area contributed by atoms with E-state index in [1.165, 1.54) is 0 Å². The Kier molecular flexibility index (Phi) is 2.08. The molecule has 2 N–H and O–H groups in total. The SMILES string of the molecule is CNc1nc2cc(O)ccc2c2cccnc12. The van der Waals surface area contributed by atoms with Gasteiger partial charge in [0.05, 0.1) is 5.52 Å². The van der Waals surface area contributed by atoms with Crippen LogP contribution in [0.15, 0.2) is 36.5 Å². The van der Waals surface area contributed by atoms with Crippen molar-refractivity contribution in [3.63, 3.8) is 0 Å². The lowest BCUT2D eigenvalue weighted by molar-refractivity contribution is 0.476. The van der Waals surface area contributed by atoms with E-state index in [0.717, 1.165) is 27.6 Å². The van der Waals surface area contributed by atoms with Gasteiger partial charge >= 0.3 is 0 Å². The van der Waals surface area contributed by atoms with E-state index in [1.54, 1.807) is 18.3 Å². The second-order valence-corrected chi connectivity index (χ2v) is 3.81. The number of aromatic hydroxyl groups is 1. The van der Waals surface area contributed by atoms with E-state index in [4.69, 9.17) is 0 Å². The summed E-state index contributed by atoms with van der Waals surface area (Å²) in [5.41, 5.74) is 1.60. The Hall–Kier alpha value is -2.36. The van der Waals surface area contributed by atoms with E-state index in [2.05, 4.69) is 15.3 Å². The van der Waals surface area contributed by atoms with Gasteiger partial charge in [-0.1, -0.05) is 6.07 Å². The minimum Gasteiger partial charge on any atom is -0.508 e. The maximum atomic E-state index is 9.49. The number of nitrogens with zero attached hydrogens (tertiary/aromatic N) is 2. The van der Waals surface area contributed by atoms with Crippen LogP contribution < -0.4 is 5.32 Å². The Morgan fingerprint density at radius 2 is 2.06 bits per heavy atom. The molecule has 2 heterocycles. The van der Waals surface area contributed by atoms with Crippen LogP contribution >= 0.6 is 0 Å². The van der Waals surface area contributed by atoms with Gasteiger partial charge in [-0.3, -0.25) is 4.98 Å². The Balaban J connectivity index is 2.54. The molecule has 0 atom stereocenters. The molecule has 0 saturated carbocycles. The van der Waals surface area contributed by atoms with Crippen molar-refractivity contribution in [1.82, 2.24) is 9.97 Å². The van der Waals surface area contributed by atoms with Gasteiger partial charge in [0.25, 0.3) is 0 Å². The molecule has 0 aliphatic carbocycles. The van der Waals surface area contributed by atoms with Crippen molar-refractivity contribution in [2.75, 3.05) is 12.4 Å². The van der Waals surface area contributed by atoms with Crippen molar-refractivity contribution in [3.05, 3.63) is 36.5 Å². The monoisotopic (exact) mass is 225 g/mol. The Bertz CT molecular complexity index is 709. The van der Waals surface area contributed by atoms with Gasteiger partial charge in [-0.2, -0.15) is 0 Å². The van der Waals surface area contributed by atoms with Gasteiger partial charge in [0.15, 0.2) is 5.82 Å². The number of pyridine rings is 2. The van der Waals surface area contributed by atoms with Crippen molar-refractivity contribution < 1.29 is 5.11 Å². The highest BCUT2D eigenvalue weighted by atomic mass is 16.3. The average Bonchev–Trinajstić information content (AvgIpc) is 2.37. The predicted molar refractivity (Wildman–Crippen MR) is 68.3 cm³/mol. The molecular formula is C13H11N3O. The predicted octanol–water partition coefficient (Wildman–Crippen LogP) is 2.53. The summed E-state index contributed by atoms with van der Waals surface area (Å²) in [6.45, 7) is 0. The molecule has 3 aromatic rings. The summed E-state index contributed by atoms with van der Waals surface area (Å²) in [5, 5.41) is 14.5. The molecular weight excluding hydrogens is 214 g/mol. The number of hydrogen-bond donors (Lipinski definition) is 2. The number of hydrogen-bond acceptors (Lipinski definition) is 4. The molecule has 2 aromatic heterocycles. The summed E-state index contributed by atoms with van der Waals surface area (Å²) in [6, 6.07) is 9.08. The summed E-state index contributed by atoms with van der Waals surface area (Å²) < 4.78 is 0. The maximum Gasteiger partial charge on any atom is 0.153 e. The third-order valence-corrected chi connectivity index (χ3v) is 2.77. The number of nitrogens with one attached hydrogen (secondary N) is 1. The van der Waals surface area contributed by atoms with Crippen molar-refractivity contribution >= 4 is 27.6 Å². The molecule has 0 aliphatic rings. The molecule has 3 rings (SSSR count). The molecule has 0 radical (unpaired) electrons. The van der Waals surface area contributed by atoms with Gasteiger partial charge in [0.2, 0.25) is 0 Å². The lowest BCUT2D eigenvalue weighted by atomic mass is 10.1. The van der Waals surface area contributed by atoms with Crippen LogP contribution in [0.3, 0.4) is 0 Å². The Labute approximate surface area is 97.9 Å². The van der Waals surface area contributed by atoms with Crippen LogP contribution in [0, 0.1) is 0 Å². The second kappa shape index (κ2) is 3.59. The molecule has 17 heavy (non-hydrogen) atoms. The van der Waals surface area contributed by atoms with Crippen molar-refractivity contribution in [1.29, 1.82) is 0 Å². The third kappa shape index (κ3) is 1.45. The number of rotatable bonds is 1. The molecule has 0 bridgehead atoms. The summed E-state index contributed by atoms with van der Waals surface area (Å²) in [4.78, 5) is 8.79. The van der Waals surface area contributed by atoms with Crippen LogP contribution in [0.4, 0.5) is 5.82 Å². The summed E-state index contributed by atoms with van der Waals surface area (Å²) in [5.74, 6) is 0.939. The van der Waals surface area contributed by atoms with Crippen molar-refractivity contribution in [2.24, 2.45) is 0 Å². The molecule has 1 aromatic carbocycles. The number of anilines is 1. The molecule has 0 saturated heterocycles. The van der Waals surface area contributed by atoms with E-state index < -0.39 is 0 Å². The largest absolute Gasteiger partial charge is 0.508 e. The first-order valence-corrected chi connectivity index (χ1v) is 5.35. The zero-order valence-electron chi connectivity index (χ0n) is 9.31. The van der Waals surface area contributed by atoms with Gasteiger partial charge in [-0.15, -0.1) is 0 Å². The highest BCUT2D eigenvalue weighted by molar-refractivity contribution is 6.08. The lowest BCUT2D eigenvalue weighted by Crippen LogP contribution is -1.96. The van der Waals surface area contributed by atoms with Crippen LogP contribution in [-0.2, 0) is 0 Å². The van der Waals surface area contributed by atoms with Crippen molar-refractivity contribution in [2.45, 2.75) is 0 Å². The number of fused-ring (bicyclic) bond motifs is 3. The summed E-state index contributed by atoms with van der Waals surface area (Å²) >= 11 is 0. The van der Waals surface area contributed by atoms with E-state index in [-0.39, 0.29) is 5.75 Å². The zero-order chi connectivity index (χ0) is 11.8. The lowest BCUT2D eigenvalue weighted by Gasteiger charge is -2.08. The molecule has 0 amide bonds. The fraction of sp³-hybridized carbons (Fsp3) is 0.0769. The van der Waals surface area contributed by atoms with Crippen LogP contribution in [-0.4, -0.2) is 22.1 Å². The van der Waals surface area contributed by atoms with Gasteiger partial charge in [-0.25, -0.2) is 4.98 Å². The zero-order valence-corrected chi connectivity index (χ0v) is 9.31. The van der Waals surface area contributed by atoms with Crippen LogP contribution in [0.2, 0.25) is 0 Å². The first-order valence-electron chi connectivity index (χ1n) is 5.35. The molecule has 0 spiro atoms. The maximum absolute atomic E-state index is 9.49. The number of benzene rings is 1. The first kappa shape index (κ1) is 9.84. The fourth-order valence-corrected chi connectivity index (χ4v) is 2.00. The summed E-state index contributed by atoms with van der Waals surface area (Å²) in [7, 11) is 1.81. The Morgan fingerprint density at radius 3 is 2.88 bits per heavy atom. The quantitative estimate of drug-likeness (QED) is 0.625. The Morgan fingerprint density at radius 1 is 1.18 bits per heavy atom. The molecule has 0 unspecified atom stereocenters. The molecule has 0 fully saturated rings. The standard InChI is InChI=1S/C13H11N3O/c1-14-13-12-10(3-2-6-15-12)9-5-4-8(17)7-11(9)16-13/h2-7,17H,1H3,(H,14,16). The fourth-order valence-electron chi connectivity index (χ4n) is 2.00. The number of phenols is 1. The molecule has 4 heteroatoms. The summed E-state index contributed by atoms with van der Waals surface area (Å²) in [6.07, 6.45) is 1.75. The van der Waals surface area contributed by atoms with E-state index in [1.807, 2.05) is 25.2 Å². The van der Waals surface area contributed by atoms with Gasteiger partial charge in [-0.05, 0) is 18.2 Å². The topological polar surface area (TPSA) is 58.0 Å².